The van der Waals surface area contributed by atoms with Crippen LogP contribution in [0.3, 0.4) is 0 Å². The van der Waals surface area contributed by atoms with Gasteiger partial charge in [-0.1, -0.05) is 18.2 Å². The van der Waals surface area contributed by atoms with Gasteiger partial charge < -0.3 is 20.7 Å². The number of hydrogen-bond donors (Lipinski definition) is 3. The molecule has 9 heteroatoms. The fourth-order valence-corrected chi connectivity index (χ4v) is 4.52. The smallest absolute Gasteiger partial charge is 0.410 e. The maximum absolute atomic E-state index is 12.5. The Balaban J connectivity index is 1.51. The molecular formula is C23H28N6O3. The first kappa shape index (κ1) is 21.7. The first-order valence-corrected chi connectivity index (χ1v) is 10.7. The second kappa shape index (κ2) is 8.22. The van der Waals surface area contributed by atoms with Gasteiger partial charge in [-0.05, 0) is 45.6 Å². The molecule has 168 valence electrons. The summed E-state index contributed by atoms with van der Waals surface area (Å²) in [4.78, 5) is 33.9. The van der Waals surface area contributed by atoms with E-state index in [0.29, 0.717) is 29.1 Å². The van der Waals surface area contributed by atoms with E-state index in [9.17, 15) is 9.59 Å². The van der Waals surface area contributed by atoms with Crippen molar-refractivity contribution in [1.82, 2.24) is 14.9 Å². The molecule has 1 saturated heterocycles. The summed E-state index contributed by atoms with van der Waals surface area (Å²) in [5.74, 6) is 0.937. The number of fused-ring (bicyclic) bond motifs is 2. The van der Waals surface area contributed by atoms with Crippen molar-refractivity contribution in [1.29, 1.82) is 5.41 Å². The minimum atomic E-state index is -0.522. The van der Waals surface area contributed by atoms with Crippen LogP contribution in [0.5, 0.6) is 0 Å². The van der Waals surface area contributed by atoms with E-state index in [-0.39, 0.29) is 35.6 Å². The average Bonchev–Trinajstić information content (AvgIpc) is 3.33. The number of nitrogen functional groups attached to an aromatic ring is 1. The summed E-state index contributed by atoms with van der Waals surface area (Å²) in [5, 5.41) is 12.1. The summed E-state index contributed by atoms with van der Waals surface area (Å²) in [7, 11) is 0. The summed E-state index contributed by atoms with van der Waals surface area (Å²) in [6.07, 6.45) is 3.50. The Hall–Kier alpha value is -3.49. The van der Waals surface area contributed by atoms with Gasteiger partial charge in [0.25, 0.3) is 0 Å². The molecular weight excluding hydrogens is 408 g/mol. The third-order valence-corrected chi connectivity index (χ3v) is 5.93. The lowest BCUT2D eigenvalue weighted by Gasteiger charge is -2.33. The van der Waals surface area contributed by atoms with Crippen LogP contribution < -0.4 is 11.1 Å². The van der Waals surface area contributed by atoms with Crippen molar-refractivity contribution in [3.05, 3.63) is 47.3 Å². The maximum atomic E-state index is 12.5. The third-order valence-electron chi connectivity index (χ3n) is 5.93. The number of carbonyl (C=O) groups is 2. The highest BCUT2D eigenvalue weighted by Gasteiger charge is 2.48. The molecule has 4 rings (SSSR count). The van der Waals surface area contributed by atoms with Crippen LogP contribution in [0.1, 0.15) is 55.1 Å². The molecule has 1 saturated carbocycles. The number of nitrogens with zero attached hydrogens (tertiary/aromatic N) is 3. The van der Waals surface area contributed by atoms with Crippen LogP contribution in [-0.2, 0) is 4.74 Å². The van der Waals surface area contributed by atoms with Crippen molar-refractivity contribution < 1.29 is 14.3 Å². The van der Waals surface area contributed by atoms with Crippen molar-refractivity contribution in [2.24, 2.45) is 5.92 Å². The van der Waals surface area contributed by atoms with E-state index in [4.69, 9.17) is 15.9 Å². The van der Waals surface area contributed by atoms with Crippen LogP contribution in [-0.4, -0.2) is 57.2 Å². The largest absolute Gasteiger partial charge is 0.444 e. The molecule has 1 aromatic carbocycles. The topological polar surface area (TPSA) is 134 Å². The van der Waals surface area contributed by atoms with Crippen LogP contribution in [0.4, 0.5) is 16.4 Å². The third kappa shape index (κ3) is 4.28. The monoisotopic (exact) mass is 436 g/mol. The van der Waals surface area contributed by atoms with Gasteiger partial charge in [0.05, 0.1) is 11.3 Å². The fraction of sp³-hybridized carbons (Fsp3) is 0.435. The molecule has 2 aliphatic rings. The molecule has 9 nitrogen and oxygen atoms in total. The maximum Gasteiger partial charge on any atom is 0.410 e. The van der Waals surface area contributed by atoms with E-state index < -0.39 is 5.60 Å². The number of benzene rings is 1. The summed E-state index contributed by atoms with van der Waals surface area (Å²) in [6.45, 7) is 6.21. The SMILES string of the molecule is CC(C)(C)OC(=O)N1CC2CC1CC2Nc1ncnc(N)c1C(=N)c1cccc(C=O)c1. The molecule has 3 atom stereocenters. The van der Waals surface area contributed by atoms with Crippen LogP contribution in [0.15, 0.2) is 30.6 Å². The predicted octanol–water partition coefficient (Wildman–Crippen LogP) is 3.10. The van der Waals surface area contributed by atoms with Gasteiger partial charge in [-0.25, -0.2) is 14.8 Å². The number of aldehydes is 1. The molecule has 32 heavy (non-hydrogen) atoms. The molecule has 2 fully saturated rings. The zero-order valence-corrected chi connectivity index (χ0v) is 18.5. The van der Waals surface area contributed by atoms with Crippen molar-refractivity contribution in [2.75, 3.05) is 17.6 Å². The highest BCUT2D eigenvalue weighted by atomic mass is 16.6. The fourth-order valence-electron chi connectivity index (χ4n) is 4.52. The Morgan fingerprint density at radius 3 is 2.75 bits per heavy atom. The lowest BCUT2D eigenvalue weighted by atomic mass is 9.99. The zero-order chi connectivity index (χ0) is 23.0. The molecule has 2 heterocycles. The molecule has 1 amide bonds. The van der Waals surface area contributed by atoms with E-state index in [1.807, 2.05) is 25.7 Å². The van der Waals surface area contributed by atoms with Crippen LogP contribution in [0.25, 0.3) is 0 Å². The zero-order valence-electron chi connectivity index (χ0n) is 18.5. The summed E-state index contributed by atoms with van der Waals surface area (Å²) >= 11 is 0. The first-order chi connectivity index (χ1) is 15.2. The molecule has 1 aliphatic heterocycles. The molecule has 2 aromatic rings. The number of piperidine rings is 1. The van der Waals surface area contributed by atoms with Crippen molar-refractivity contribution in [3.8, 4) is 0 Å². The number of anilines is 2. The molecule has 0 radical (unpaired) electrons. The van der Waals surface area contributed by atoms with E-state index in [2.05, 4.69) is 15.3 Å². The number of ether oxygens (including phenoxy) is 1. The molecule has 3 unspecified atom stereocenters. The van der Waals surface area contributed by atoms with Gasteiger partial charge in [-0.15, -0.1) is 0 Å². The summed E-state index contributed by atoms with van der Waals surface area (Å²) in [6, 6.07) is 7.00. The highest BCUT2D eigenvalue weighted by molar-refractivity contribution is 6.16. The van der Waals surface area contributed by atoms with E-state index >= 15 is 0 Å². The number of rotatable bonds is 5. The molecule has 1 aliphatic carbocycles. The number of aromatic nitrogens is 2. The Kier molecular flexibility index (Phi) is 5.58. The van der Waals surface area contributed by atoms with Crippen LogP contribution in [0.2, 0.25) is 0 Å². The standard InChI is InChI=1S/C23H28N6O3/c1-23(2,3)32-22(31)29-10-15-8-16(29)9-17(15)28-21-18(20(25)26-12-27-21)19(24)14-6-4-5-13(7-14)11-30/h4-7,11-12,15-17,24H,8-10H2,1-3H3,(H3,25,26,27,28). The van der Waals surface area contributed by atoms with Crippen molar-refractivity contribution in [2.45, 2.75) is 51.3 Å². The lowest BCUT2D eigenvalue weighted by molar-refractivity contribution is 0.0186. The Bertz CT molecular complexity index is 1060. The second-order valence-electron chi connectivity index (χ2n) is 9.37. The van der Waals surface area contributed by atoms with Gasteiger partial charge in [0.2, 0.25) is 0 Å². The quantitative estimate of drug-likeness (QED) is 0.484. The second-order valence-corrected chi connectivity index (χ2v) is 9.37. The molecule has 0 spiro atoms. The van der Waals surface area contributed by atoms with Gasteiger partial charge in [0, 0.05) is 29.8 Å². The molecule has 1 aromatic heterocycles. The van der Waals surface area contributed by atoms with E-state index in [1.165, 1.54) is 6.33 Å². The summed E-state index contributed by atoms with van der Waals surface area (Å²) in [5.41, 5.74) is 7.20. The highest BCUT2D eigenvalue weighted by Crippen LogP contribution is 2.40. The average molecular weight is 437 g/mol. The van der Waals surface area contributed by atoms with Crippen molar-refractivity contribution >= 4 is 29.7 Å². The number of likely N-dealkylation sites (tertiary alicyclic amines) is 1. The minimum absolute atomic E-state index is 0.0980. The lowest BCUT2D eigenvalue weighted by Crippen LogP contribution is -2.45. The Morgan fingerprint density at radius 1 is 1.31 bits per heavy atom. The molecule has 4 N–H and O–H groups in total. The van der Waals surface area contributed by atoms with Crippen LogP contribution >= 0.6 is 0 Å². The normalized spacial score (nSPS) is 22.0. The Labute approximate surface area is 186 Å². The number of amides is 1. The first-order valence-electron chi connectivity index (χ1n) is 10.7. The predicted molar refractivity (Wildman–Crippen MR) is 121 cm³/mol. The van der Waals surface area contributed by atoms with Gasteiger partial charge in [0.15, 0.2) is 0 Å². The van der Waals surface area contributed by atoms with Crippen molar-refractivity contribution in [3.63, 3.8) is 0 Å². The van der Waals surface area contributed by atoms with Gasteiger partial charge in [-0.2, -0.15) is 0 Å². The van der Waals surface area contributed by atoms with Crippen LogP contribution in [0, 0.1) is 11.3 Å². The van der Waals surface area contributed by atoms with E-state index in [1.54, 1.807) is 24.3 Å². The Morgan fingerprint density at radius 2 is 2.09 bits per heavy atom. The number of nitrogens with one attached hydrogen (secondary N) is 2. The van der Waals surface area contributed by atoms with Gasteiger partial charge in [0.1, 0.15) is 29.9 Å². The number of nitrogens with two attached hydrogens (primary N) is 1. The van der Waals surface area contributed by atoms with E-state index in [0.717, 1.165) is 19.1 Å². The number of hydrogen-bond acceptors (Lipinski definition) is 8. The summed E-state index contributed by atoms with van der Waals surface area (Å²) < 4.78 is 5.54. The van der Waals surface area contributed by atoms with Gasteiger partial charge in [-0.3, -0.25) is 10.2 Å². The molecule has 2 bridgehead atoms. The minimum Gasteiger partial charge on any atom is -0.444 e. The number of carbonyl (C=O) groups excluding carboxylic acids is 2. The van der Waals surface area contributed by atoms with Gasteiger partial charge >= 0.3 is 6.09 Å².